The summed E-state index contributed by atoms with van der Waals surface area (Å²) in [5.41, 5.74) is 4.52. The Labute approximate surface area is 145 Å². The molecule has 0 radical (unpaired) electrons. The molecule has 0 aromatic heterocycles. The van der Waals surface area contributed by atoms with Gasteiger partial charge in [-0.15, -0.1) is 12.4 Å². The van der Waals surface area contributed by atoms with Gasteiger partial charge in [0.2, 0.25) is 5.91 Å². The predicted molar refractivity (Wildman–Crippen MR) is 87.9 cm³/mol. The normalized spacial score (nSPS) is 21.1. The summed E-state index contributed by atoms with van der Waals surface area (Å²) in [6.45, 7) is 3.08. The van der Waals surface area contributed by atoms with Crippen LogP contribution in [0.15, 0.2) is 24.3 Å². The van der Waals surface area contributed by atoms with Crippen LogP contribution in [-0.4, -0.2) is 41.9 Å². The van der Waals surface area contributed by atoms with Crippen LogP contribution in [-0.2, 0) is 15.1 Å². The molecule has 0 bridgehead atoms. The Bertz CT molecular complexity index is 640. The van der Waals surface area contributed by atoms with Crippen molar-refractivity contribution >= 4 is 30.3 Å². The van der Waals surface area contributed by atoms with Crippen LogP contribution in [0.2, 0.25) is 0 Å². The molecule has 0 aliphatic carbocycles. The highest BCUT2D eigenvalue weighted by atomic mass is 35.5. The van der Waals surface area contributed by atoms with E-state index in [1.165, 1.54) is 31.2 Å². The average Bonchev–Trinajstić information content (AvgIpc) is 2.72. The van der Waals surface area contributed by atoms with Gasteiger partial charge in [-0.3, -0.25) is 14.5 Å². The zero-order valence-electron chi connectivity index (χ0n) is 13.3. The molecule has 1 heterocycles. The van der Waals surface area contributed by atoms with E-state index in [0.717, 1.165) is 4.90 Å². The number of nitrogens with one attached hydrogen (secondary N) is 2. The number of nitrogens with zero attached hydrogens (tertiary/aromatic N) is 1. The van der Waals surface area contributed by atoms with Crippen molar-refractivity contribution < 1.29 is 18.8 Å². The van der Waals surface area contributed by atoms with Gasteiger partial charge < -0.3 is 16.4 Å². The molecule has 4 N–H and O–H groups in total. The monoisotopic (exact) mass is 358 g/mol. The largest absolute Gasteiger partial charge is 0.351 e. The molecule has 4 amide bonds. The number of urea groups is 1. The van der Waals surface area contributed by atoms with Gasteiger partial charge in [0.05, 0.1) is 0 Å². The molecule has 1 saturated heterocycles. The van der Waals surface area contributed by atoms with E-state index in [1.54, 1.807) is 6.92 Å². The van der Waals surface area contributed by atoms with E-state index >= 15 is 0 Å². The molecule has 132 valence electrons. The van der Waals surface area contributed by atoms with Crippen molar-refractivity contribution in [1.29, 1.82) is 0 Å². The molecular weight excluding hydrogens is 339 g/mol. The molecule has 1 unspecified atom stereocenters. The fourth-order valence-corrected chi connectivity index (χ4v) is 2.34. The molecule has 1 aromatic rings. The lowest BCUT2D eigenvalue weighted by Crippen LogP contribution is -2.46. The third kappa shape index (κ3) is 3.82. The third-order valence-corrected chi connectivity index (χ3v) is 3.76. The molecular formula is C15H20ClFN4O3. The van der Waals surface area contributed by atoms with Crippen molar-refractivity contribution in [2.24, 2.45) is 5.73 Å². The lowest BCUT2D eigenvalue weighted by molar-refractivity contribution is -0.135. The smallest absolute Gasteiger partial charge is 0.325 e. The van der Waals surface area contributed by atoms with Gasteiger partial charge in [-0.1, -0.05) is 12.1 Å². The van der Waals surface area contributed by atoms with Gasteiger partial charge in [0.1, 0.15) is 17.9 Å². The van der Waals surface area contributed by atoms with Gasteiger partial charge in [0, 0.05) is 12.6 Å². The predicted octanol–water partition coefficient (Wildman–Crippen LogP) is 0.478. The molecule has 0 saturated carbocycles. The van der Waals surface area contributed by atoms with Crippen LogP contribution in [0.4, 0.5) is 9.18 Å². The molecule has 1 aliphatic rings. The van der Waals surface area contributed by atoms with E-state index in [9.17, 15) is 18.8 Å². The van der Waals surface area contributed by atoms with Crippen LogP contribution in [0.3, 0.4) is 0 Å². The first-order chi connectivity index (χ1) is 10.8. The van der Waals surface area contributed by atoms with Gasteiger partial charge in [-0.05, 0) is 31.5 Å². The van der Waals surface area contributed by atoms with Gasteiger partial charge in [-0.2, -0.15) is 0 Å². The van der Waals surface area contributed by atoms with Crippen molar-refractivity contribution in [3.05, 3.63) is 35.6 Å². The number of carbonyl (C=O) groups excluding carboxylic acids is 3. The van der Waals surface area contributed by atoms with E-state index in [4.69, 9.17) is 5.73 Å². The van der Waals surface area contributed by atoms with Crippen molar-refractivity contribution in [2.75, 3.05) is 13.1 Å². The van der Waals surface area contributed by atoms with E-state index in [2.05, 4.69) is 10.6 Å². The lowest BCUT2D eigenvalue weighted by atomic mass is 9.92. The Morgan fingerprint density at radius 2 is 1.96 bits per heavy atom. The molecule has 1 aromatic carbocycles. The second kappa shape index (κ2) is 7.59. The number of halogens is 2. The fourth-order valence-electron chi connectivity index (χ4n) is 2.34. The van der Waals surface area contributed by atoms with E-state index < -0.39 is 35.7 Å². The quantitative estimate of drug-likeness (QED) is 0.666. The molecule has 0 spiro atoms. The first-order valence-electron chi connectivity index (χ1n) is 7.17. The Kier molecular flexibility index (Phi) is 6.28. The van der Waals surface area contributed by atoms with Gasteiger partial charge in [-0.25, -0.2) is 9.18 Å². The third-order valence-electron chi connectivity index (χ3n) is 3.76. The van der Waals surface area contributed by atoms with Crippen LogP contribution in [0.1, 0.15) is 19.4 Å². The number of hydrogen-bond donors (Lipinski definition) is 3. The Hall–Kier alpha value is -2.19. The number of benzene rings is 1. The zero-order valence-corrected chi connectivity index (χ0v) is 14.2. The Balaban J connectivity index is 0.00000288. The highest BCUT2D eigenvalue weighted by Gasteiger charge is 2.49. The summed E-state index contributed by atoms with van der Waals surface area (Å²) < 4.78 is 13.0. The minimum atomic E-state index is -1.33. The van der Waals surface area contributed by atoms with E-state index in [-0.39, 0.29) is 25.0 Å². The summed E-state index contributed by atoms with van der Waals surface area (Å²) >= 11 is 0. The highest BCUT2D eigenvalue weighted by molar-refractivity contribution is 6.09. The van der Waals surface area contributed by atoms with Gasteiger partial charge >= 0.3 is 6.03 Å². The number of nitrogens with two attached hydrogens (primary N) is 1. The van der Waals surface area contributed by atoms with E-state index in [0.29, 0.717) is 5.56 Å². The van der Waals surface area contributed by atoms with Gasteiger partial charge in [0.25, 0.3) is 5.91 Å². The summed E-state index contributed by atoms with van der Waals surface area (Å²) in [6.07, 6.45) is 0. The van der Waals surface area contributed by atoms with Crippen LogP contribution in [0.5, 0.6) is 0 Å². The minimum Gasteiger partial charge on any atom is -0.351 e. The average molecular weight is 359 g/mol. The molecule has 9 heteroatoms. The highest BCUT2D eigenvalue weighted by Crippen LogP contribution is 2.28. The number of hydrogen-bond acceptors (Lipinski definition) is 4. The first kappa shape index (κ1) is 19.9. The van der Waals surface area contributed by atoms with Crippen LogP contribution in [0.25, 0.3) is 0 Å². The van der Waals surface area contributed by atoms with Crippen LogP contribution < -0.4 is 16.4 Å². The van der Waals surface area contributed by atoms with Crippen molar-refractivity contribution in [3.63, 3.8) is 0 Å². The minimum absolute atomic E-state index is 0. The number of amides is 4. The molecule has 7 nitrogen and oxygen atoms in total. The number of rotatable bonds is 5. The SMILES string of the molecule is C[C@@H](CN)NC(=O)CN1C(=O)NC(C)(c2ccc(F)cc2)C1=O.Cl. The second-order valence-electron chi connectivity index (χ2n) is 5.66. The number of imide groups is 1. The van der Waals surface area contributed by atoms with Crippen molar-refractivity contribution in [2.45, 2.75) is 25.4 Å². The van der Waals surface area contributed by atoms with Crippen molar-refractivity contribution in [1.82, 2.24) is 15.5 Å². The lowest BCUT2D eigenvalue weighted by Gasteiger charge is -2.22. The molecule has 1 aliphatic heterocycles. The molecule has 1 fully saturated rings. The first-order valence-corrected chi connectivity index (χ1v) is 7.17. The Morgan fingerprint density at radius 1 is 1.38 bits per heavy atom. The molecule has 2 rings (SSSR count). The summed E-state index contributed by atoms with van der Waals surface area (Å²) in [7, 11) is 0. The fraction of sp³-hybridized carbons (Fsp3) is 0.400. The maximum Gasteiger partial charge on any atom is 0.325 e. The standard InChI is InChI=1S/C15H19FN4O3.ClH/c1-9(7-17)18-12(21)8-20-13(22)15(2,19-14(20)23)10-3-5-11(16)6-4-10;/h3-6,9H,7-8,17H2,1-2H3,(H,18,21)(H,19,23);1H/t9-,15?;/m0./s1. The maximum absolute atomic E-state index is 13.0. The van der Waals surface area contributed by atoms with Crippen LogP contribution in [0, 0.1) is 5.82 Å². The van der Waals surface area contributed by atoms with E-state index in [1.807, 2.05) is 0 Å². The summed E-state index contributed by atoms with van der Waals surface area (Å²) in [5.74, 6) is -1.49. The zero-order chi connectivity index (χ0) is 17.2. The number of carbonyl (C=O) groups is 3. The topological polar surface area (TPSA) is 105 Å². The molecule has 24 heavy (non-hydrogen) atoms. The second-order valence-corrected chi connectivity index (χ2v) is 5.66. The molecule has 2 atom stereocenters. The van der Waals surface area contributed by atoms with Gasteiger partial charge in [0.15, 0.2) is 0 Å². The summed E-state index contributed by atoms with van der Waals surface area (Å²) in [6, 6.07) is 4.33. The summed E-state index contributed by atoms with van der Waals surface area (Å²) in [5, 5.41) is 5.13. The van der Waals surface area contributed by atoms with Crippen molar-refractivity contribution in [3.8, 4) is 0 Å². The summed E-state index contributed by atoms with van der Waals surface area (Å²) in [4.78, 5) is 37.3. The maximum atomic E-state index is 13.0. The Morgan fingerprint density at radius 3 is 2.50 bits per heavy atom. The van der Waals surface area contributed by atoms with Crippen LogP contribution >= 0.6 is 12.4 Å².